The zero-order valence-electron chi connectivity index (χ0n) is 17.9. The number of carbonyl (C=O) groups is 1. The molecule has 0 unspecified atom stereocenters. The molecule has 5 heteroatoms. The van der Waals surface area contributed by atoms with Gasteiger partial charge in [-0.25, -0.2) is 0 Å². The average molecular weight is 396 g/mol. The first-order valence-electron chi connectivity index (χ1n) is 10.5. The van der Waals surface area contributed by atoms with Crippen LogP contribution in [0.3, 0.4) is 0 Å². The molecule has 0 bridgehead atoms. The molecule has 1 aliphatic heterocycles. The van der Waals surface area contributed by atoms with E-state index in [0.717, 1.165) is 62.8 Å². The molecule has 1 saturated heterocycles. The second-order valence-electron chi connectivity index (χ2n) is 7.93. The molecule has 0 aromatic heterocycles. The third-order valence-electron chi connectivity index (χ3n) is 5.59. The van der Waals surface area contributed by atoms with Crippen LogP contribution in [-0.4, -0.2) is 61.6 Å². The lowest BCUT2D eigenvalue weighted by atomic mass is 10.1. The van der Waals surface area contributed by atoms with E-state index in [0.29, 0.717) is 6.54 Å². The second kappa shape index (κ2) is 10.4. The van der Waals surface area contributed by atoms with Crippen molar-refractivity contribution in [3.63, 3.8) is 0 Å². The van der Waals surface area contributed by atoms with E-state index in [9.17, 15) is 4.79 Å². The molecule has 1 aliphatic rings. The molecule has 1 amide bonds. The predicted molar refractivity (Wildman–Crippen MR) is 119 cm³/mol. The summed E-state index contributed by atoms with van der Waals surface area (Å²) in [5, 5.41) is 3.06. The van der Waals surface area contributed by atoms with Crippen LogP contribution >= 0.6 is 0 Å². The number of hydrogen-bond donors (Lipinski definition) is 1. The predicted octanol–water partition coefficient (Wildman–Crippen LogP) is 3.64. The Bertz CT molecular complexity index is 814. The Morgan fingerprint density at radius 1 is 1.00 bits per heavy atom. The van der Waals surface area contributed by atoms with Gasteiger partial charge in [0.2, 0.25) is 5.91 Å². The molecule has 0 atom stereocenters. The number of nitrogens with one attached hydrogen (secondary N) is 1. The molecule has 29 heavy (non-hydrogen) atoms. The summed E-state index contributed by atoms with van der Waals surface area (Å²) in [4.78, 5) is 17.1. The number of piperazine rings is 1. The minimum absolute atomic E-state index is 0.0682. The first-order valence-corrected chi connectivity index (χ1v) is 10.5. The fourth-order valence-electron chi connectivity index (χ4n) is 3.63. The van der Waals surface area contributed by atoms with Gasteiger partial charge >= 0.3 is 0 Å². The number of carbonyl (C=O) groups excluding carboxylic acids is 1. The lowest BCUT2D eigenvalue weighted by molar-refractivity contribution is -0.117. The van der Waals surface area contributed by atoms with Crippen LogP contribution in [0.15, 0.2) is 42.5 Å². The lowest BCUT2D eigenvalue weighted by Crippen LogP contribution is -2.48. The van der Waals surface area contributed by atoms with E-state index >= 15 is 0 Å². The van der Waals surface area contributed by atoms with Crippen LogP contribution in [0.25, 0.3) is 0 Å². The maximum absolute atomic E-state index is 12.4. The van der Waals surface area contributed by atoms with Gasteiger partial charge in [-0.1, -0.05) is 24.3 Å². The van der Waals surface area contributed by atoms with Crippen molar-refractivity contribution in [1.29, 1.82) is 0 Å². The molecule has 3 rings (SSSR count). The number of anilines is 1. The van der Waals surface area contributed by atoms with E-state index in [1.165, 1.54) is 11.1 Å². The first-order chi connectivity index (χ1) is 14.0. The van der Waals surface area contributed by atoms with Gasteiger partial charge in [-0.05, 0) is 62.1 Å². The Kier molecular flexibility index (Phi) is 7.67. The van der Waals surface area contributed by atoms with E-state index in [2.05, 4.69) is 47.2 Å². The summed E-state index contributed by atoms with van der Waals surface area (Å²) in [6, 6.07) is 14.2. The summed E-state index contributed by atoms with van der Waals surface area (Å²) >= 11 is 0. The summed E-state index contributed by atoms with van der Waals surface area (Å²) in [7, 11) is 0. The topological polar surface area (TPSA) is 44.8 Å². The number of amides is 1. The van der Waals surface area contributed by atoms with Crippen molar-refractivity contribution < 1.29 is 9.53 Å². The standard InChI is InChI=1S/C24H33N3O2/c1-19-7-4-9-22(17-19)29-16-6-11-26-12-14-27(15-13-26)18-24(28)25-23-10-5-8-20(2)21(23)3/h4-5,7-10,17H,6,11-16,18H2,1-3H3,(H,25,28). The molecule has 0 spiro atoms. The van der Waals surface area contributed by atoms with Gasteiger partial charge < -0.3 is 15.0 Å². The fraction of sp³-hybridized carbons (Fsp3) is 0.458. The Hall–Kier alpha value is -2.37. The van der Waals surface area contributed by atoms with Crippen molar-refractivity contribution in [2.45, 2.75) is 27.2 Å². The largest absolute Gasteiger partial charge is 0.494 e. The van der Waals surface area contributed by atoms with Gasteiger partial charge in [-0.3, -0.25) is 9.69 Å². The van der Waals surface area contributed by atoms with Crippen LogP contribution in [-0.2, 0) is 4.79 Å². The molecule has 2 aromatic carbocycles. The van der Waals surface area contributed by atoms with Crippen molar-refractivity contribution in [1.82, 2.24) is 9.80 Å². The van der Waals surface area contributed by atoms with Crippen molar-refractivity contribution in [3.8, 4) is 5.75 Å². The first kappa shape index (κ1) is 21.3. The molecule has 156 valence electrons. The number of nitrogens with zero attached hydrogens (tertiary/aromatic N) is 2. The van der Waals surface area contributed by atoms with E-state index in [1.54, 1.807) is 0 Å². The summed E-state index contributed by atoms with van der Waals surface area (Å²) in [5.41, 5.74) is 4.48. The number of ether oxygens (including phenoxy) is 1. The molecule has 1 heterocycles. The maximum Gasteiger partial charge on any atom is 0.238 e. The summed E-state index contributed by atoms with van der Waals surface area (Å²) < 4.78 is 5.84. The van der Waals surface area contributed by atoms with E-state index in [1.807, 2.05) is 31.2 Å². The SMILES string of the molecule is Cc1cccc(OCCCN2CCN(CC(=O)Nc3cccc(C)c3C)CC2)c1. The number of rotatable bonds is 8. The number of benzene rings is 2. The minimum atomic E-state index is 0.0682. The molecule has 1 fully saturated rings. The smallest absolute Gasteiger partial charge is 0.238 e. The monoisotopic (exact) mass is 395 g/mol. The summed E-state index contributed by atoms with van der Waals surface area (Å²) in [6.07, 6.45) is 1.01. The van der Waals surface area contributed by atoms with Crippen LogP contribution in [0.4, 0.5) is 5.69 Å². The van der Waals surface area contributed by atoms with Crippen molar-refractivity contribution in [2.75, 3.05) is 51.2 Å². The van der Waals surface area contributed by atoms with Gasteiger partial charge in [0.25, 0.3) is 0 Å². The van der Waals surface area contributed by atoms with Gasteiger partial charge in [-0.2, -0.15) is 0 Å². The van der Waals surface area contributed by atoms with Crippen molar-refractivity contribution >= 4 is 11.6 Å². The van der Waals surface area contributed by atoms with E-state index in [4.69, 9.17) is 4.74 Å². The minimum Gasteiger partial charge on any atom is -0.494 e. The fourth-order valence-corrected chi connectivity index (χ4v) is 3.63. The third-order valence-corrected chi connectivity index (χ3v) is 5.59. The zero-order chi connectivity index (χ0) is 20.6. The third kappa shape index (κ3) is 6.58. The average Bonchev–Trinajstić information content (AvgIpc) is 2.70. The van der Waals surface area contributed by atoms with Gasteiger partial charge in [0.15, 0.2) is 0 Å². The van der Waals surface area contributed by atoms with E-state index < -0.39 is 0 Å². The summed E-state index contributed by atoms with van der Waals surface area (Å²) in [5.74, 6) is 1.02. The highest BCUT2D eigenvalue weighted by atomic mass is 16.5. The normalized spacial score (nSPS) is 15.3. The highest BCUT2D eigenvalue weighted by Gasteiger charge is 2.19. The highest BCUT2D eigenvalue weighted by molar-refractivity contribution is 5.93. The quantitative estimate of drug-likeness (QED) is 0.693. The van der Waals surface area contributed by atoms with Crippen LogP contribution in [0.1, 0.15) is 23.1 Å². The lowest BCUT2D eigenvalue weighted by Gasteiger charge is -2.34. The van der Waals surface area contributed by atoms with Gasteiger partial charge in [0.1, 0.15) is 5.75 Å². The summed E-state index contributed by atoms with van der Waals surface area (Å²) in [6.45, 7) is 12.3. The molecule has 1 N–H and O–H groups in total. The van der Waals surface area contributed by atoms with E-state index in [-0.39, 0.29) is 5.91 Å². The Morgan fingerprint density at radius 3 is 2.48 bits per heavy atom. The van der Waals surface area contributed by atoms with Crippen molar-refractivity contribution in [2.24, 2.45) is 0 Å². The van der Waals surface area contributed by atoms with Crippen LogP contribution in [0.2, 0.25) is 0 Å². The maximum atomic E-state index is 12.4. The number of aryl methyl sites for hydroxylation is 2. The second-order valence-corrected chi connectivity index (χ2v) is 7.93. The Balaban J connectivity index is 1.32. The van der Waals surface area contributed by atoms with Crippen LogP contribution < -0.4 is 10.1 Å². The Labute approximate surface area is 174 Å². The van der Waals surface area contributed by atoms with Gasteiger partial charge in [-0.15, -0.1) is 0 Å². The van der Waals surface area contributed by atoms with Gasteiger partial charge in [0, 0.05) is 38.4 Å². The number of hydrogen-bond acceptors (Lipinski definition) is 4. The van der Waals surface area contributed by atoms with Crippen molar-refractivity contribution in [3.05, 3.63) is 59.2 Å². The van der Waals surface area contributed by atoms with Gasteiger partial charge in [0.05, 0.1) is 13.2 Å². The molecular formula is C24H33N3O2. The Morgan fingerprint density at radius 2 is 1.72 bits per heavy atom. The zero-order valence-corrected chi connectivity index (χ0v) is 17.9. The van der Waals surface area contributed by atoms with Crippen LogP contribution in [0, 0.1) is 20.8 Å². The highest BCUT2D eigenvalue weighted by Crippen LogP contribution is 2.18. The molecular weight excluding hydrogens is 362 g/mol. The molecule has 2 aromatic rings. The molecule has 5 nitrogen and oxygen atoms in total. The molecule has 0 saturated carbocycles. The molecule has 0 aliphatic carbocycles. The molecule has 0 radical (unpaired) electrons. The van der Waals surface area contributed by atoms with Crippen LogP contribution in [0.5, 0.6) is 5.75 Å².